The van der Waals surface area contributed by atoms with Gasteiger partial charge in [0.05, 0.1) is 11.9 Å². The maximum absolute atomic E-state index is 12.4. The number of hydrogen-bond donors (Lipinski definition) is 1. The van der Waals surface area contributed by atoms with Crippen molar-refractivity contribution in [3.8, 4) is 0 Å². The summed E-state index contributed by atoms with van der Waals surface area (Å²) in [4.78, 5) is 14.9. The molecule has 1 amide bonds. The van der Waals surface area contributed by atoms with Crippen molar-refractivity contribution in [2.75, 3.05) is 36.7 Å². The second kappa shape index (κ2) is 10.3. The Bertz CT molecular complexity index is 764. The topological polar surface area (TPSA) is 69.7 Å². The van der Waals surface area contributed by atoms with E-state index in [4.69, 9.17) is 0 Å². The summed E-state index contributed by atoms with van der Waals surface area (Å²) in [5.74, 6) is -0.268. The third-order valence-corrected chi connectivity index (χ3v) is 6.60. The predicted molar refractivity (Wildman–Crippen MR) is 115 cm³/mol. The minimum Gasteiger partial charge on any atom is -0.354 e. The quantitative estimate of drug-likeness (QED) is 0.637. The van der Waals surface area contributed by atoms with Crippen LogP contribution in [-0.2, 0) is 14.8 Å². The number of nitrogens with one attached hydrogen (secondary N) is 1. The highest BCUT2D eigenvalue weighted by molar-refractivity contribution is 7.92. The molecule has 0 aliphatic carbocycles. The Kier molecular flexibility index (Phi) is 8.31. The molecule has 7 heteroatoms. The minimum atomic E-state index is -3.54. The van der Waals surface area contributed by atoms with Crippen molar-refractivity contribution in [2.24, 2.45) is 0 Å². The maximum Gasteiger partial charge on any atom is 0.240 e. The lowest BCUT2D eigenvalue weighted by atomic mass is 10.00. The van der Waals surface area contributed by atoms with Gasteiger partial charge in [0, 0.05) is 19.1 Å². The van der Waals surface area contributed by atoms with Gasteiger partial charge in [0.1, 0.15) is 6.54 Å². The standard InChI is InChI=1S/C21H35N3O3S/c1-5-19-9-6-7-13-23(19)14-8-12-22-21(25)16-24(28(4,26)27)20-11-10-17(2)15-18(20)3/h10-11,15,19H,5-9,12-14,16H2,1-4H3,(H,22,25). The highest BCUT2D eigenvalue weighted by Crippen LogP contribution is 2.23. The second-order valence-electron chi connectivity index (χ2n) is 7.86. The first-order valence-electron chi connectivity index (χ1n) is 10.3. The first-order chi connectivity index (χ1) is 13.2. The van der Waals surface area contributed by atoms with E-state index in [9.17, 15) is 13.2 Å². The van der Waals surface area contributed by atoms with Crippen molar-refractivity contribution in [3.05, 3.63) is 29.3 Å². The van der Waals surface area contributed by atoms with E-state index in [0.29, 0.717) is 18.3 Å². The summed E-state index contributed by atoms with van der Waals surface area (Å²) in [6.45, 7) is 8.55. The minimum absolute atomic E-state index is 0.190. The van der Waals surface area contributed by atoms with Crippen molar-refractivity contribution in [1.82, 2.24) is 10.2 Å². The van der Waals surface area contributed by atoms with Gasteiger partial charge in [0.25, 0.3) is 0 Å². The lowest BCUT2D eigenvalue weighted by molar-refractivity contribution is -0.119. The number of carbonyl (C=O) groups excluding carboxylic acids is 1. The fourth-order valence-electron chi connectivity index (χ4n) is 3.98. The summed E-state index contributed by atoms with van der Waals surface area (Å²) in [6, 6.07) is 6.21. The van der Waals surface area contributed by atoms with E-state index in [1.165, 1.54) is 30.0 Å². The van der Waals surface area contributed by atoms with Crippen LogP contribution in [0.1, 0.15) is 50.2 Å². The molecule has 0 radical (unpaired) electrons. The smallest absolute Gasteiger partial charge is 0.240 e. The van der Waals surface area contributed by atoms with E-state index in [1.54, 1.807) is 6.07 Å². The summed E-state index contributed by atoms with van der Waals surface area (Å²) < 4.78 is 25.7. The molecule has 1 unspecified atom stereocenters. The summed E-state index contributed by atoms with van der Waals surface area (Å²) in [7, 11) is -3.54. The molecule has 158 valence electrons. The summed E-state index contributed by atoms with van der Waals surface area (Å²) in [5, 5.41) is 2.89. The molecule has 1 atom stereocenters. The summed E-state index contributed by atoms with van der Waals surface area (Å²) in [5.41, 5.74) is 2.46. The van der Waals surface area contributed by atoms with Crippen molar-refractivity contribution in [2.45, 2.75) is 58.9 Å². The number of rotatable bonds is 9. The molecule has 1 aromatic rings. The normalized spacial score (nSPS) is 18.1. The van der Waals surface area contributed by atoms with Crippen LogP contribution in [0, 0.1) is 13.8 Å². The number of anilines is 1. The number of sulfonamides is 1. The van der Waals surface area contributed by atoms with Crippen LogP contribution in [0.25, 0.3) is 0 Å². The molecule has 6 nitrogen and oxygen atoms in total. The van der Waals surface area contributed by atoms with Crippen LogP contribution in [-0.4, -0.2) is 57.7 Å². The lowest BCUT2D eigenvalue weighted by Crippen LogP contribution is -2.43. The van der Waals surface area contributed by atoms with Gasteiger partial charge >= 0.3 is 0 Å². The molecule has 1 heterocycles. The zero-order valence-corrected chi connectivity index (χ0v) is 18.5. The van der Waals surface area contributed by atoms with Crippen LogP contribution in [0.3, 0.4) is 0 Å². The molecule has 1 saturated heterocycles. The molecule has 2 rings (SSSR count). The summed E-state index contributed by atoms with van der Waals surface area (Å²) in [6.07, 6.45) is 7.02. The molecule has 1 N–H and O–H groups in total. The number of hydrogen-bond acceptors (Lipinski definition) is 4. The maximum atomic E-state index is 12.4. The van der Waals surface area contributed by atoms with Gasteiger partial charge < -0.3 is 10.2 Å². The first-order valence-corrected chi connectivity index (χ1v) is 12.1. The van der Waals surface area contributed by atoms with E-state index < -0.39 is 10.0 Å². The molecule has 28 heavy (non-hydrogen) atoms. The Hall–Kier alpha value is -1.60. The Labute approximate surface area is 170 Å². The highest BCUT2D eigenvalue weighted by atomic mass is 32.2. The Balaban J connectivity index is 1.88. The fraction of sp³-hybridized carbons (Fsp3) is 0.667. The molecule has 0 saturated carbocycles. The van der Waals surface area contributed by atoms with Gasteiger partial charge in [-0.25, -0.2) is 8.42 Å². The molecular weight excluding hydrogens is 374 g/mol. The molecule has 0 aromatic heterocycles. The van der Waals surface area contributed by atoms with Crippen molar-refractivity contribution in [1.29, 1.82) is 0 Å². The molecule has 0 bridgehead atoms. The van der Waals surface area contributed by atoms with Gasteiger partial charge in [-0.1, -0.05) is 31.0 Å². The van der Waals surface area contributed by atoms with Gasteiger partial charge in [0.2, 0.25) is 15.9 Å². The van der Waals surface area contributed by atoms with Gasteiger partial charge in [-0.05, 0) is 57.7 Å². The summed E-state index contributed by atoms with van der Waals surface area (Å²) >= 11 is 0. The van der Waals surface area contributed by atoms with E-state index >= 15 is 0 Å². The molecule has 1 aliphatic heterocycles. The van der Waals surface area contributed by atoms with Gasteiger partial charge in [-0.2, -0.15) is 0 Å². The molecule has 1 fully saturated rings. The molecule has 1 aromatic carbocycles. The number of likely N-dealkylation sites (tertiary alicyclic amines) is 1. The Morgan fingerprint density at radius 3 is 2.68 bits per heavy atom. The van der Waals surface area contributed by atoms with E-state index in [1.807, 2.05) is 26.0 Å². The largest absolute Gasteiger partial charge is 0.354 e. The van der Waals surface area contributed by atoms with Crippen LogP contribution in [0.5, 0.6) is 0 Å². The van der Waals surface area contributed by atoms with E-state index in [2.05, 4.69) is 17.1 Å². The van der Waals surface area contributed by atoms with Crippen molar-refractivity contribution < 1.29 is 13.2 Å². The molecule has 0 spiro atoms. The van der Waals surface area contributed by atoms with Crippen LogP contribution in [0.4, 0.5) is 5.69 Å². The number of carbonyl (C=O) groups is 1. The van der Waals surface area contributed by atoms with Crippen LogP contribution < -0.4 is 9.62 Å². The SMILES string of the molecule is CCC1CCCCN1CCCNC(=O)CN(c1ccc(C)cc1C)S(C)(=O)=O. The van der Waals surface area contributed by atoms with Gasteiger partial charge in [-0.3, -0.25) is 9.10 Å². The van der Waals surface area contributed by atoms with E-state index in [-0.39, 0.29) is 12.5 Å². The highest BCUT2D eigenvalue weighted by Gasteiger charge is 2.23. The third kappa shape index (κ3) is 6.48. The monoisotopic (exact) mass is 409 g/mol. The number of benzene rings is 1. The number of aryl methyl sites for hydroxylation is 2. The average Bonchev–Trinajstić information content (AvgIpc) is 2.63. The Morgan fingerprint density at radius 2 is 2.04 bits per heavy atom. The number of piperidine rings is 1. The van der Waals surface area contributed by atoms with Crippen LogP contribution in [0.2, 0.25) is 0 Å². The molecule has 1 aliphatic rings. The van der Waals surface area contributed by atoms with Gasteiger partial charge in [0.15, 0.2) is 0 Å². The van der Waals surface area contributed by atoms with Crippen LogP contribution in [0.15, 0.2) is 18.2 Å². The number of amides is 1. The zero-order chi connectivity index (χ0) is 20.7. The van der Waals surface area contributed by atoms with Crippen molar-refractivity contribution >= 4 is 21.6 Å². The molecular formula is C21H35N3O3S. The number of nitrogens with zero attached hydrogens (tertiary/aromatic N) is 2. The van der Waals surface area contributed by atoms with E-state index in [0.717, 1.165) is 36.9 Å². The first kappa shape index (κ1) is 22.7. The lowest BCUT2D eigenvalue weighted by Gasteiger charge is -2.35. The Morgan fingerprint density at radius 1 is 1.29 bits per heavy atom. The zero-order valence-electron chi connectivity index (χ0n) is 17.7. The van der Waals surface area contributed by atoms with Crippen LogP contribution >= 0.6 is 0 Å². The second-order valence-corrected chi connectivity index (χ2v) is 9.76. The fourth-order valence-corrected chi connectivity index (χ4v) is 4.89. The van der Waals surface area contributed by atoms with Crippen molar-refractivity contribution in [3.63, 3.8) is 0 Å². The third-order valence-electron chi connectivity index (χ3n) is 5.47. The predicted octanol–water partition coefficient (Wildman–Crippen LogP) is 2.84. The van der Waals surface area contributed by atoms with Gasteiger partial charge in [-0.15, -0.1) is 0 Å². The average molecular weight is 410 g/mol.